The van der Waals surface area contributed by atoms with E-state index in [0.29, 0.717) is 0 Å². The number of hydrogen-bond acceptors (Lipinski definition) is 0. The van der Waals surface area contributed by atoms with Crippen LogP contribution in [0, 0.1) is 0 Å². The first-order chi connectivity index (χ1) is 14.2. The number of aromatic nitrogens is 4. The molecule has 3 aromatic carbocycles. The monoisotopic (exact) mass is 377 g/mol. The minimum atomic E-state index is 1.13. The van der Waals surface area contributed by atoms with Crippen molar-refractivity contribution in [1.82, 2.24) is 13.7 Å². The highest BCUT2D eigenvalue weighted by molar-refractivity contribution is 6.21. The Bertz CT molecular complexity index is 1510. The summed E-state index contributed by atoms with van der Waals surface area (Å²) < 4.78 is 9.06. The van der Waals surface area contributed by atoms with Crippen LogP contribution >= 0.6 is 0 Å². The summed E-state index contributed by atoms with van der Waals surface area (Å²) in [5, 5.41) is 3.89. The maximum absolute atomic E-state index is 2.38. The van der Waals surface area contributed by atoms with Crippen molar-refractivity contribution in [3.8, 4) is 11.5 Å². The summed E-state index contributed by atoms with van der Waals surface area (Å²) in [4.78, 5) is 0. The van der Waals surface area contributed by atoms with Crippen LogP contribution in [0.15, 0.2) is 91.4 Å². The van der Waals surface area contributed by atoms with Crippen LogP contribution in [0.4, 0.5) is 0 Å². The Kier molecular flexibility index (Phi) is 3.27. The molecule has 29 heavy (non-hydrogen) atoms. The molecule has 0 atom stereocenters. The van der Waals surface area contributed by atoms with Gasteiger partial charge in [-0.2, -0.15) is 0 Å². The van der Waals surface area contributed by atoms with Crippen molar-refractivity contribution in [3.63, 3.8) is 0 Å². The van der Waals surface area contributed by atoms with Crippen LogP contribution < -0.4 is 4.57 Å². The lowest BCUT2D eigenvalue weighted by molar-refractivity contribution is -0.664. The Morgan fingerprint density at radius 1 is 0.724 bits per heavy atom. The Hall–Kier alpha value is -3.79. The molecule has 0 radical (unpaired) electrons. The lowest BCUT2D eigenvalue weighted by Gasteiger charge is -2.03. The summed E-state index contributed by atoms with van der Waals surface area (Å²) in [6.07, 6.45) is 4.34. The molecule has 0 unspecified atom stereocenters. The molecule has 0 saturated heterocycles. The van der Waals surface area contributed by atoms with Gasteiger partial charge in [0, 0.05) is 17.8 Å². The smallest absolute Gasteiger partial charge is 0.266 e. The van der Waals surface area contributed by atoms with Crippen LogP contribution in [-0.4, -0.2) is 13.7 Å². The molecule has 0 aliphatic rings. The summed E-state index contributed by atoms with van der Waals surface area (Å²) >= 11 is 0. The van der Waals surface area contributed by atoms with E-state index in [2.05, 4.69) is 118 Å². The lowest BCUT2D eigenvalue weighted by Crippen LogP contribution is -2.30. The minimum absolute atomic E-state index is 1.13. The molecule has 6 aromatic rings. The van der Waals surface area contributed by atoms with Gasteiger partial charge in [0.15, 0.2) is 12.0 Å². The molecule has 0 spiro atoms. The zero-order valence-corrected chi connectivity index (χ0v) is 16.4. The van der Waals surface area contributed by atoms with E-state index in [1.54, 1.807) is 0 Å². The predicted octanol–water partition coefficient (Wildman–Crippen LogP) is 4.89. The number of para-hydroxylation sites is 3. The van der Waals surface area contributed by atoms with E-state index in [1.807, 2.05) is 6.07 Å². The molecule has 0 aliphatic heterocycles. The molecule has 0 bridgehead atoms. The Morgan fingerprint density at radius 3 is 2.10 bits per heavy atom. The average Bonchev–Trinajstić information content (AvgIpc) is 3.40. The van der Waals surface area contributed by atoms with Crippen molar-refractivity contribution >= 4 is 32.8 Å². The van der Waals surface area contributed by atoms with E-state index < -0.39 is 0 Å². The molecule has 6 rings (SSSR count). The van der Waals surface area contributed by atoms with Gasteiger partial charge in [-0.3, -0.25) is 0 Å². The highest BCUT2D eigenvalue weighted by Crippen LogP contribution is 2.37. The third kappa shape index (κ3) is 2.17. The van der Waals surface area contributed by atoms with Gasteiger partial charge in [-0.15, -0.1) is 0 Å². The Morgan fingerprint density at radius 2 is 1.34 bits per heavy atom. The Balaban J connectivity index is 1.75. The van der Waals surface area contributed by atoms with Crippen LogP contribution in [0.25, 0.3) is 44.3 Å². The van der Waals surface area contributed by atoms with Gasteiger partial charge >= 0.3 is 0 Å². The van der Waals surface area contributed by atoms with Gasteiger partial charge in [0.05, 0.1) is 18.0 Å². The molecule has 0 fully saturated rings. The second-order valence-electron chi connectivity index (χ2n) is 7.58. The number of aryl methyl sites for hydroxylation is 2. The molecular weight excluding hydrogens is 356 g/mol. The molecule has 0 saturated carbocycles. The SMILES string of the molecule is Cn1c2ccccc2c2c3ccccc3n(-c3cn(-c4ccccc4)c[n+]3C)c21. The first-order valence-corrected chi connectivity index (χ1v) is 9.84. The quantitative estimate of drug-likeness (QED) is 0.383. The van der Waals surface area contributed by atoms with Crippen molar-refractivity contribution in [2.24, 2.45) is 14.1 Å². The van der Waals surface area contributed by atoms with Crippen LogP contribution in [-0.2, 0) is 14.1 Å². The van der Waals surface area contributed by atoms with Gasteiger partial charge in [0.1, 0.15) is 17.4 Å². The van der Waals surface area contributed by atoms with Crippen molar-refractivity contribution in [2.45, 2.75) is 0 Å². The van der Waals surface area contributed by atoms with Crippen LogP contribution in [0.3, 0.4) is 0 Å². The number of hydrogen-bond donors (Lipinski definition) is 0. The molecule has 0 N–H and O–H groups in total. The number of imidazole rings is 1. The fourth-order valence-corrected chi connectivity index (χ4v) is 4.58. The fraction of sp³-hybridized carbons (Fsp3) is 0.0800. The van der Waals surface area contributed by atoms with Crippen LogP contribution in [0.2, 0.25) is 0 Å². The van der Waals surface area contributed by atoms with Gasteiger partial charge in [-0.1, -0.05) is 54.6 Å². The van der Waals surface area contributed by atoms with E-state index in [9.17, 15) is 0 Å². The molecular formula is C25H21N4+. The number of nitrogens with zero attached hydrogens (tertiary/aromatic N) is 4. The second-order valence-corrected chi connectivity index (χ2v) is 7.58. The highest BCUT2D eigenvalue weighted by Gasteiger charge is 2.25. The normalized spacial score (nSPS) is 11.8. The summed E-state index contributed by atoms with van der Waals surface area (Å²) in [6, 6.07) is 27.8. The maximum Gasteiger partial charge on any atom is 0.266 e. The summed E-state index contributed by atoms with van der Waals surface area (Å²) in [7, 11) is 4.27. The van der Waals surface area contributed by atoms with E-state index in [0.717, 1.165) is 11.5 Å². The maximum atomic E-state index is 2.38. The first kappa shape index (κ1) is 16.2. The largest absolute Gasteiger partial charge is 0.317 e. The van der Waals surface area contributed by atoms with Gasteiger partial charge < -0.3 is 4.57 Å². The first-order valence-electron chi connectivity index (χ1n) is 9.84. The number of benzene rings is 3. The number of rotatable bonds is 2. The molecule has 3 heterocycles. The molecule has 0 aliphatic carbocycles. The minimum Gasteiger partial charge on any atom is -0.317 e. The van der Waals surface area contributed by atoms with E-state index in [4.69, 9.17) is 0 Å². The zero-order chi connectivity index (χ0) is 19.5. The molecule has 0 amide bonds. The van der Waals surface area contributed by atoms with Gasteiger partial charge in [-0.05, 0) is 24.3 Å². The number of fused-ring (bicyclic) bond motifs is 5. The summed E-state index contributed by atoms with van der Waals surface area (Å²) in [5.41, 5.74) is 4.84. The van der Waals surface area contributed by atoms with E-state index in [-0.39, 0.29) is 0 Å². The Labute approximate surface area is 168 Å². The van der Waals surface area contributed by atoms with Crippen molar-refractivity contribution in [2.75, 3.05) is 0 Å². The van der Waals surface area contributed by atoms with Crippen molar-refractivity contribution < 1.29 is 4.57 Å². The van der Waals surface area contributed by atoms with E-state index >= 15 is 0 Å². The van der Waals surface area contributed by atoms with Crippen molar-refractivity contribution in [3.05, 3.63) is 91.4 Å². The zero-order valence-electron chi connectivity index (χ0n) is 16.4. The molecule has 4 nitrogen and oxygen atoms in total. The standard InChI is InChI=1S/C25H21N4/c1-26-17-28(18-10-4-3-5-11-18)16-23(26)29-22-15-9-7-13-20(22)24-19-12-6-8-14-21(19)27(2)25(24)29/h3-17H,1-2H3/q+1. The van der Waals surface area contributed by atoms with Gasteiger partial charge in [0.2, 0.25) is 0 Å². The van der Waals surface area contributed by atoms with Crippen LogP contribution in [0.5, 0.6) is 0 Å². The topological polar surface area (TPSA) is 18.7 Å². The predicted molar refractivity (Wildman–Crippen MR) is 118 cm³/mol. The van der Waals surface area contributed by atoms with Gasteiger partial charge in [-0.25, -0.2) is 13.7 Å². The molecule has 3 aromatic heterocycles. The second kappa shape index (κ2) is 5.85. The average molecular weight is 377 g/mol. The molecule has 140 valence electrons. The molecule has 4 heteroatoms. The van der Waals surface area contributed by atoms with E-state index in [1.165, 1.54) is 32.8 Å². The third-order valence-corrected chi connectivity index (χ3v) is 5.90. The highest BCUT2D eigenvalue weighted by atomic mass is 15.2. The summed E-state index contributed by atoms with van der Waals surface area (Å²) in [5.74, 6) is 1.13. The third-order valence-electron chi connectivity index (χ3n) is 5.90. The lowest BCUT2D eigenvalue weighted by atomic mass is 10.1. The summed E-state index contributed by atoms with van der Waals surface area (Å²) in [6.45, 7) is 0. The van der Waals surface area contributed by atoms with Crippen molar-refractivity contribution in [1.29, 1.82) is 0 Å². The van der Waals surface area contributed by atoms with Gasteiger partial charge in [0.25, 0.3) is 5.82 Å². The fourth-order valence-electron chi connectivity index (χ4n) is 4.58. The van der Waals surface area contributed by atoms with Crippen LogP contribution in [0.1, 0.15) is 0 Å².